The number of non-ortho nitro benzene ring substituents is 1. The van der Waals surface area contributed by atoms with Crippen LogP contribution in [0.4, 0.5) is 11.4 Å². The predicted molar refractivity (Wildman–Crippen MR) is 78.7 cm³/mol. The topological polar surface area (TPSA) is 84.6 Å². The van der Waals surface area contributed by atoms with E-state index >= 15 is 0 Å². The number of anilines is 1. The molecule has 0 aromatic heterocycles. The van der Waals surface area contributed by atoms with Crippen molar-refractivity contribution in [3.63, 3.8) is 0 Å². The summed E-state index contributed by atoms with van der Waals surface area (Å²) in [5, 5.41) is 13.5. The van der Waals surface area contributed by atoms with Crippen LogP contribution in [0.3, 0.4) is 0 Å². The Morgan fingerprint density at radius 1 is 1.14 bits per heavy atom. The SMILES string of the molecule is O=C1CN=C(c2ccccc2)c2ccc([N+](=O)[O-])cc2N1. The van der Waals surface area contributed by atoms with Gasteiger partial charge in [-0.15, -0.1) is 0 Å². The number of nitrogens with one attached hydrogen (secondary N) is 1. The molecule has 0 bridgehead atoms. The number of rotatable bonds is 2. The molecule has 0 fully saturated rings. The van der Waals surface area contributed by atoms with Gasteiger partial charge in [0.1, 0.15) is 6.54 Å². The van der Waals surface area contributed by atoms with Crippen molar-refractivity contribution < 1.29 is 9.72 Å². The number of benzene rings is 2. The zero-order chi connectivity index (χ0) is 14.8. The fourth-order valence-corrected chi connectivity index (χ4v) is 2.22. The molecule has 0 atom stereocenters. The van der Waals surface area contributed by atoms with Crippen molar-refractivity contribution in [2.45, 2.75) is 0 Å². The molecule has 0 unspecified atom stereocenters. The molecule has 3 rings (SSSR count). The van der Waals surface area contributed by atoms with Gasteiger partial charge in [-0.2, -0.15) is 0 Å². The van der Waals surface area contributed by atoms with E-state index in [1.807, 2.05) is 30.3 Å². The largest absolute Gasteiger partial charge is 0.324 e. The maximum Gasteiger partial charge on any atom is 0.271 e. The van der Waals surface area contributed by atoms with E-state index in [0.717, 1.165) is 5.56 Å². The number of carbonyl (C=O) groups excluding carboxylic acids is 1. The molecule has 1 amide bonds. The molecule has 0 spiro atoms. The molecular formula is C15H11N3O3. The molecule has 1 aliphatic heterocycles. The average molecular weight is 281 g/mol. The Morgan fingerprint density at radius 3 is 2.62 bits per heavy atom. The second-order valence-electron chi connectivity index (χ2n) is 4.57. The van der Waals surface area contributed by atoms with Crippen molar-refractivity contribution in [2.24, 2.45) is 4.99 Å². The minimum absolute atomic E-state index is 0.00724. The van der Waals surface area contributed by atoms with Gasteiger partial charge in [0.25, 0.3) is 5.69 Å². The average Bonchev–Trinajstić information content (AvgIpc) is 2.65. The summed E-state index contributed by atoms with van der Waals surface area (Å²) in [6.07, 6.45) is 0. The van der Waals surface area contributed by atoms with Crippen LogP contribution in [0, 0.1) is 10.1 Å². The summed E-state index contributed by atoms with van der Waals surface area (Å²) in [7, 11) is 0. The minimum Gasteiger partial charge on any atom is -0.324 e. The number of hydrogen-bond acceptors (Lipinski definition) is 4. The van der Waals surface area contributed by atoms with Crippen LogP contribution in [0.25, 0.3) is 0 Å². The van der Waals surface area contributed by atoms with E-state index in [-0.39, 0.29) is 18.1 Å². The van der Waals surface area contributed by atoms with E-state index in [2.05, 4.69) is 10.3 Å². The van der Waals surface area contributed by atoms with Gasteiger partial charge in [0.05, 0.1) is 16.3 Å². The maximum atomic E-state index is 11.7. The van der Waals surface area contributed by atoms with Gasteiger partial charge in [-0.05, 0) is 6.07 Å². The number of amides is 1. The van der Waals surface area contributed by atoms with E-state index in [4.69, 9.17) is 0 Å². The Labute approximate surface area is 120 Å². The Balaban J connectivity index is 2.16. The van der Waals surface area contributed by atoms with Gasteiger partial charge >= 0.3 is 0 Å². The highest BCUT2D eigenvalue weighted by Crippen LogP contribution is 2.27. The highest BCUT2D eigenvalue weighted by Gasteiger charge is 2.20. The Hall–Kier alpha value is -3.02. The zero-order valence-corrected chi connectivity index (χ0v) is 10.9. The zero-order valence-electron chi connectivity index (χ0n) is 10.9. The first-order valence-corrected chi connectivity index (χ1v) is 6.33. The Bertz CT molecular complexity index is 754. The van der Waals surface area contributed by atoms with Crippen molar-refractivity contribution in [1.29, 1.82) is 0 Å². The van der Waals surface area contributed by atoms with Gasteiger partial charge in [0, 0.05) is 23.3 Å². The van der Waals surface area contributed by atoms with Crippen molar-refractivity contribution >= 4 is 23.0 Å². The van der Waals surface area contributed by atoms with E-state index in [9.17, 15) is 14.9 Å². The number of benzodiazepines with no additional fused rings is 1. The molecule has 1 N–H and O–H groups in total. The third kappa shape index (κ3) is 2.51. The fourth-order valence-electron chi connectivity index (χ4n) is 2.22. The van der Waals surface area contributed by atoms with Crippen LogP contribution in [0.5, 0.6) is 0 Å². The molecule has 0 radical (unpaired) electrons. The summed E-state index contributed by atoms with van der Waals surface area (Å²) in [4.78, 5) is 26.4. The molecule has 1 aliphatic rings. The third-order valence-electron chi connectivity index (χ3n) is 3.17. The lowest BCUT2D eigenvalue weighted by molar-refractivity contribution is -0.384. The number of carbonyl (C=O) groups is 1. The van der Waals surface area contributed by atoms with Crippen molar-refractivity contribution in [1.82, 2.24) is 0 Å². The number of nitro benzene ring substituents is 1. The molecule has 21 heavy (non-hydrogen) atoms. The van der Waals surface area contributed by atoms with Gasteiger partial charge in [0.15, 0.2) is 0 Å². The quantitative estimate of drug-likeness (QED) is 0.677. The van der Waals surface area contributed by atoms with Crippen LogP contribution >= 0.6 is 0 Å². The van der Waals surface area contributed by atoms with Crippen LogP contribution in [0.2, 0.25) is 0 Å². The molecule has 104 valence electrons. The predicted octanol–water partition coefficient (Wildman–Crippen LogP) is 2.38. The number of hydrogen-bond donors (Lipinski definition) is 1. The number of aliphatic imine (C=N–C) groups is 1. The minimum atomic E-state index is -0.489. The summed E-state index contributed by atoms with van der Waals surface area (Å²) < 4.78 is 0. The summed E-state index contributed by atoms with van der Waals surface area (Å²) in [6.45, 7) is -0.00724. The van der Waals surface area contributed by atoms with E-state index in [0.29, 0.717) is 17.0 Å². The van der Waals surface area contributed by atoms with Crippen molar-refractivity contribution in [2.75, 3.05) is 11.9 Å². The molecule has 1 heterocycles. The van der Waals surface area contributed by atoms with E-state index in [1.165, 1.54) is 12.1 Å². The first-order chi connectivity index (χ1) is 10.1. The molecule has 2 aromatic rings. The summed E-state index contributed by atoms with van der Waals surface area (Å²) >= 11 is 0. The standard InChI is InChI=1S/C15H11N3O3/c19-14-9-16-15(10-4-2-1-3-5-10)12-7-6-11(18(20)21)8-13(12)17-14/h1-8H,9H2,(H,17,19). The number of nitro groups is 1. The molecule has 2 aromatic carbocycles. The van der Waals surface area contributed by atoms with Crippen molar-refractivity contribution in [3.8, 4) is 0 Å². The normalized spacial score (nSPS) is 13.7. The first-order valence-electron chi connectivity index (χ1n) is 6.33. The maximum absolute atomic E-state index is 11.7. The second-order valence-corrected chi connectivity index (χ2v) is 4.57. The van der Waals surface area contributed by atoms with Gasteiger partial charge in [-0.25, -0.2) is 0 Å². The molecular weight excluding hydrogens is 270 g/mol. The summed E-state index contributed by atoms with van der Waals surface area (Å²) in [6, 6.07) is 13.8. The van der Waals surface area contributed by atoms with Crippen molar-refractivity contribution in [3.05, 3.63) is 69.8 Å². The molecule has 0 saturated heterocycles. The lowest BCUT2D eigenvalue weighted by atomic mass is 10.0. The Morgan fingerprint density at radius 2 is 1.90 bits per heavy atom. The van der Waals surface area contributed by atoms with Gasteiger partial charge in [-0.3, -0.25) is 19.9 Å². The van der Waals surface area contributed by atoms with E-state index < -0.39 is 4.92 Å². The highest BCUT2D eigenvalue weighted by atomic mass is 16.6. The smallest absolute Gasteiger partial charge is 0.271 e. The number of fused-ring (bicyclic) bond motifs is 1. The molecule has 0 saturated carbocycles. The first kappa shape index (κ1) is 13.0. The summed E-state index contributed by atoms with van der Waals surface area (Å²) in [5.74, 6) is -0.289. The van der Waals surface area contributed by atoms with Crippen LogP contribution in [-0.2, 0) is 4.79 Å². The van der Waals surface area contributed by atoms with Gasteiger partial charge in [-0.1, -0.05) is 30.3 Å². The molecule has 6 nitrogen and oxygen atoms in total. The van der Waals surface area contributed by atoms with E-state index in [1.54, 1.807) is 6.07 Å². The molecule has 0 aliphatic carbocycles. The van der Waals surface area contributed by atoms with Gasteiger partial charge < -0.3 is 5.32 Å². The monoisotopic (exact) mass is 281 g/mol. The van der Waals surface area contributed by atoms with Crippen LogP contribution in [0.1, 0.15) is 11.1 Å². The van der Waals surface area contributed by atoms with Gasteiger partial charge in [0.2, 0.25) is 5.91 Å². The van der Waals surface area contributed by atoms with Crippen LogP contribution in [-0.4, -0.2) is 23.1 Å². The molecule has 6 heteroatoms. The van der Waals surface area contributed by atoms with Crippen LogP contribution in [0.15, 0.2) is 53.5 Å². The van der Waals surface area contributed by atoms with Crippen LogP contribution < -0.4 is 5.32 Å². The fraction of sp³-hybridized carbons (Fsp3) is 0.0667. The summed E-state index contributed by atoms with van der Waals surface area (Å²) in [5.41, 5.74) is 2.54. The number of nitrogens with zero attached hydrogens (tertiary/aromatic N) is 2. The highest BCUT2D eigenvalue weighted by molar-refractivity contribution is 6.19. The lowest BCUT2D eigenvalue weighted by Crippen LogP contribution is -2.13. The third-order valence-corrected chi connectivity index (χ3v) is 3.17. The Kier molecular flexibility index (Phi) is 3.19. The second kappa shape index (κ2) is 5.16. The lowest BCUT2D eigenvalue weighted by Gasteiger charge is -2.09.